The highest BCUT2D eigenvalue weighted by Crippen LogP contribution is 2.42. The average molecular weight is 342 g/mol. The molecular formula is C18H22N4O3. The lowest BCUT2D eigenvalue weighted by atomic mass is 9.79. The molecule has 7 heteroatoms. The van der Waals surface area contributed by atoms with Crippen molar-refractivity contribution in [3.63, 3.8) is 0 Å². The van der Waals surface area contributed by atoms with Crippen molar-refractivity contribution in [1.29, 1.82) is 0 Å². The van der Waals surface area contributed by atoms with E-state index in [0.29, 0.717) is 31.3 Å². The molecular weight excluding hydrogens is 320 g/mol. The first kappa shape index (κ1) is 16.1. The second-order valence-electron chi connectivity index (χ2n) is 6.73. The molecule has 2 aliphatic heterocycles. The Labute approximate surface area is 146 Å². The van der Waals surface area contributed by atoms with Gasteiger partial charge in [-0.1, -0.05) is 0 Å². The molecule has 2 saturated heterocycles. The normalized spacial score (nSPS) is 21.3. The van der Waals surface area contributed by atoms with Crippen LogP contribution in [0.15, 0.2) is 36.8 Å². The highest BCUT2D eigenvalue weighted by molar-refractivity contribution is 5.93. The molecule has 0 saturated carbocycles. The van der Waals surface area contributed by atoms with Crippen molar-refractivity contribution < 1.29 is 14.3 Å². The van der Waals surface area contributed by atoms with E-state index >= 15 is 0 Å². The van der Waals surface area contributed by atoms with E-state index in [0.717, 1.165) is 25.2 Å². The summed E-state index contributed by atoms with van der Waals surface area (Å²) in [5.41, 5.74) is 0.413. The van der Waals surface area contributed by atoms with Crippen LogP contribution in [-0.4, -0.2) is 57.5 Å². The lowest BCUT2D eigenvalue weighted by Crippen LogP contribution is -2.66. The van der Waals surface area contributed by atoms with Crippen LogP contribution < -0.4 is 4.74 Å². The van der Waals surface area contributed by atoms with Crippen molar-refractivity contribution in [2.45, 2.75) is 18.4 Å². The molecule has 0 N–H and O–H groups in total. The maximum Gasteiger partial charge on any atom is 0.272 e. The molecule has 132 valence electrons. The fraction of sp³-hybridized carbons (Fsp3) is 0.500. The van der Waals surface area contributed by atoms with Gasteiger partial charge in [-0.3, -0.25) is 14.5 Å². The predicted octanol–water partition coefficient (Wildman–Crippen LogP) is 1.52. The average Bonchev–Trinajstić information content (AvgIpc) is 3.20. The van der Waals surface area contributed by atoms with Crippen molar-refractivity contribution in [3.05, 3.63) is 42.5 Å². The first-order valence-corrected chi connectivity index (χ1v) is 8.62. The number of hydrogen-bond acceptors (Lipinski definition) is 5. The van der Waals surface area contributed by atoms with Gasteiger partial charge in [0.25, 0.3) is 5.91 Å². The second kappa shape index (κ2) is 6.48. The van der Waals surface area contributed by atoms with Gasteiger partial charge in [-0.05, 0) is 37.0 Å². The van der Waals surface area contributed by atoms with Crippen molar-refractivity contribution in [2.75, 3.05) is 26.3 Å². The van der Waals surface area contributed by atoms with Crippen molar-refractivity contribution >= 4 is 5.91 Å². The Morgan fingerprint density at radius 3 is 3.00 bits per heavy atom. The Kier molecular flexibility index (Phi) is 4.17. The minimum atomic E-state index is -0.202. The number of amides is 1. The zero-order valence-corrected chi connectivity index (χ0v) is 14.3. The zero-order chi connectivity index (χ0) is 17.3. The van der Waals surface area contributed by atoms with Gasteiger partial charge in [0, 0.05) is 26.0 Å². The van der Waals surface area contributed by atoms with Gasteiger partial charge in [0.15, 0.2) is 0 Å². The Bertz CT molecular complexity index is 740. The van der Waals surface area contributed by atoms with Crippen LogP contribution in [0, 0.1) is 5.92 Å². The van der Waals surface area contributed by atoms with E-state index in [1.807, 2.05) is 17.0 Å². The molecule has 1 amide bonds. The fourth-order valence-electron chi connectivity index (χ4n) is 3.78. The minimum Gasteiger partial charge on any atom is -0.492 e. The summed E-state index contributed by atoms with van der Waals surface area (Å²) in [5, 5.41) is 4.07. The van der Waals surface area contributed by atoms with Gasteiger partial charge in [-0.25, -0.2) is 0 Å². The van der Waals surface area contributed by atoms with Gasteiger partial charge in [0.1, 0.15) is 17.0 Å². The van der Waals surface area contributed by atoms with E-state index < -0.39 is 0 Å². The van der Waals surface area contributed by atoms with E-state index in [1.54, 1.807) is 36.4 Å². The first-order valence-electron chi connectivity index (χ1n) is 8.62. The maximum absolute atomic E-state index is 12.5. The monoisotopic (exact) mass is 342 g/mol. The van der Waals surface area contributed by atoms with Crippen LogP contribution >= 0.6 is 0 Å². The summed E-state index contributed by atoms with van der Waals surface area (Å²) in [6.45, 7) is 2.69. The molecule has 2 aromatic rings. The number of aromatic nitrogens is 3. The number of carbonyl (C=O) groups excluding carboxylic acids is 1. The van der Waals surface area contributed by atoms with Gasteiger partial charge in [-0.2, -0.15) is 5.10 Å². The summed E-state index contributed by atoms with van der Waals surface area (Å²) in [6, 6.07) is 5.52. The van der Waals surface area contributed by atoms with Crippen LogP contribution in [0.4, 0.5) is 0 Å². The van der Waals surface area contributed by atoms with Gasteiger partial charge in [0.2, 0.25) is 0 Å². The summed E-state index contributed by atoms with van der Waals surface area (Å²) in [5.74, 6) is 1.23. The molecule has 4 heterocycles. The van der Waals surface area contributed by atoms with Crippen LogP contribution in [0.5, 0.6) is 5.75 Å². The van der Waals surface area contributed by atoms with Gasteiger partial charge in [0.05, 0.1) is 25.9 Å². The Morgan fingerprint density at radius 2 is 2.28 bits per heavy atom. The number of carbonyl (C=O) groups is 1. The minimum absolute atomic E-state index is 0.0199. The molecule has 0 aromatic carbocycles. The van der Waals surface area contributed by atoms with Gasteiger partial charge < -0.3 is 14.4 Å². The standard InChI is InChI=1S/C18H22N4O3/c1-21-16(4-8-20-21)17(23)22-12-18(13-22)14(6-10-25-18)5-9-24-15-3-2-7-19-11-15/h2-4,7-8,11,14H,5-6,9-10,12-13H2,1H3. The summed E-state index contributed by atoms with van der Waals surface area (Å²) in [6.07, 6.45) is 7.04. The molecule has 25 heavy (non-hydrogen) atoms. The number of likely N-dealkylation sites (tertiary alicyclic amines) is 1. The van der Waals surface area contributed by atoms with Crippen LogP contribution in [0.3, 0.4) is 0 Å². The summed E-state index contributed by atoms with van der Waals surface area (Å²) in [7, 11) is 1.79. The largest absolute Gasteiger partial charge is 0.492 e. The van der Waals surface area contributed by atoms with E-state index in [2.05, 4.69) is 10.1 Å². The Morgan fingerprint density at radius 1 is 1.40 bits per heavy atom. The van der Waals surface area contributed by atoms with Gasteiger partial charge in [-0.15, -0.1) is 0 Å². The molecule has 1 atom stereocenters. The summed E-state index contributed by atoms with van der Waals surface area (Å²) >= 11 is 0. The highest BCUT2D eigenvalue weighted by Gasteiger charge is 2.54. The lowest BCUT2D eigenvalue weighted by Gasteiger charge is -2.50. The molecule has 2 aromatic heterocycles. The molecule has 4 rings (SSSR count). The molecule has 2 fully saturated rings. The third-order valence-corrected chi connectivity index (χ3v) is 5.21. The van der Waals surface area contributed by atoms with Crippen LogP contribution in [0.25, 0.3) is 0 Å². The first-order chi connectivity index (χ1) is 12.2. The highest BCUT2D eigenvalue weighted by atomic mass is 16.5. The molecule has 2 aliphatic rings. The van der Waals surface area contributed by atoms with Crippen molar-refractivity contribution in [2.24, 2.45) is 13.0 Å². The quantitative estimate of drug-likeness (QED) is 0.824. The maximum atomic E-state index is 12.5. The predicted molar refractivity (Wildman–Crippen MR) is 90.3 cm³/mol. The lowest BCUT2D eigenvalue weighted by molar-refractivity contribution is -0.119. The number of aryl methyl sites for hydroxylation is 1. The van der Waals surface area contributed by atoms with Crippen LogP contribution in [-0.2, 0) is 11.8 Å². The van der Waals surface area contributed by atoms with Gasteiger partial charge >= 0.3 is 0 Å². The Balaban J connectivity index is 1.32. The summed E-state index contributed by atoms with van der Waals surface area (Å²) < 4.78 is 13.4. The molecule has 7 nitrogen and oxygen atoms in total. The molecule has 1 spiro atoms. The topological polar surface area (TPSA) is 69.5 Å². The summed E-state index contributed by atoms with van der Waals surface area (Å²) in [4.78, 5) is 18.4. The second-order valence-corrected chi connectivity index (χ2v) is 6.73. The van der Waals surface area contributed by atoms with Crippen LogP contribution in [0.1, 0.15) is 23.3 Å². The number of hydrogen-bond donors (Lipinski definition) is 0. The van der Waals surface area contributed by atoms with E-state index in [4.69, 9.17) is 9.47 Å². The van der Waals surface area contributed by atoms with E-state index in [1.165, 1.54) is 0 Å². The smallest absolute Gasteiger partial charge is 0.272 e. The number of rotatable bonds is 5. The number of pyridine rings is 1. The third-order valence-electron chi connectivity index (χ3n) is 5.21. The van der Waals surface area contributed by atoms with E-state index in [-0.39, 0.29) is 11.5 Å². The third kappa shape index (κ3) is 3.00. The SMILES string of the molecule is Cn1nccc1C(=O)N1CC2(C1)OCCC2CCOc1cccnc1. The fourth-order valence-corrected chi connectivity index (χ4v) is 3.78. The van der Waals surface area contributed by atoms with Crippen molar-refractivity contribution in [1.82, 2.24) is 19.7 Å². The molecule has 0 radical (unpaired) electrons. The van der Waals surface area contributed by atoms with Crippen LogP contribution in [0.2, 0.25) is 0 Å². The van der Waals surface area contributed by atoms with E-state index in [9.17, 15) is 4.79 Å². The molecule has 1 unspecified atom stereocenters. The number of nitrogens with zero attached hydrogens (tertiary/aromatic N) is 4. The Hall–Kier alpha value is -2.41. The van der Waals surface area contributed by atoms with Crippen molar-refractivity contribution in [3.8, 4) is 5.75 Å². The molecule has 0 aliphatic carbocycles. The zero-order valence-electron chi connectivity index (χ0n) is 14.3. The number of ether oxygens (including phenoxy) is 2. The molecule has 0 bridgehead atoms.